The minimum absolute atomic E-state index is 0.00563. The van der Waals surface area contributed by atoms with E-state index in [4.69, 9.17) is 5.73 Å². The maximum absolute atomic E-state index is 5.82. The van der Waals surface area contributed by atoms with Gasteiger partial charge >= 0.3 is 0 Å². The molecule has 0 aromatic carbocycles. The van der Waals surface area contributed by atoms with E-state index in [9.17, 15) is 0 Å². The van der Waals surface area contributed by atoms with Gasteiger partial charge in [-0.15, -0.1) is 0 Å². The Morgan fingerprint density at radius 3 is 2.56 bits per heavy atom. The van der Waals surface area contributed by atoms with E-state index in [1.54, 1.807) is 0 Å². The van der Waals surface area contributed by atoms with Gasteiger partial charge in [0.15, 0.2) is 0 Å². The number of nitrogens with two attached hydrogens (primary N) is 1. The molecular formula is C14H24N4. The van der Waals surface area contributed by atoms with Gasteiger partial charge in [-0.25, -0.2) is 0 Å². The highest BCUT2D eigenvalue weighted by molar-refractivity contribution is 5.46. The van der Waals surface area contributed by atoms with Gasteiger partial charge < -0.3 is 15.5 Å². The molecule has 2 unspecified atom stereocenters. The molecule has 1 aliphatic rings. The summed E-state index contributed by atoms with van der Waals surface area (Å²) in [5.74, 6) is 0.688. The lowest BCUT2D eigenvalue weighted by Crippen LogP contribution is -2.34. The lowest BCUT2D eigenvalue weighted by Gasteiger charge is -2.23. The van der Waals surface area contributed by atoms with E-state index in [2.05, 4.69) is 41.9 Å². The first-order valence-corrected chi connectivity index (χ1v) is 6.62. The fraction of sp³-hybridized carbons (Fsp3) is 0.643. The molecule has 0 bridgehead atoms. The van der Waals surface area contributed by atoms with E-state index >= 15 is 0 Å². The Labute approximate surface area is 110 Å². The SMILES string of the molecule is CC1CN(c2ccc([C@H](C)N)nc2)CC1N(C)C. The number of rotatable bonds is 3. The number of hydrogen-bond donors (Lipinski definition) is 1. The molecule has 2 N–H and O–H groups in total. The summed E-state index contributed by atoms with van der Waals surface area (Å²) in [6, 6.07) is 4.80. The summed E-state index contributed by atoms with van der Waals surface area (Å²) in [6.45, 7) is 6.45. The molecule has 100 valence electrons. The Hall–Kier alpha value is -1.13. The number of pyridine rings is 1. The molecule has 0 spiro atoms. The second kappa shape index (κ2) is 5.24. The van der Waals surface area contributed by atoms with Gasteiger partial charge in [-0.1, -0.05) is 6.92 Å². The zero-order valence-electron chi connectivity index (χ0n) is 11.8. The minimum Gasteiger partial charge on any atom is -0.368 e. The maximum Gasteiger partial charge on any atom is 0.0569 e. The van der Waals surface area contributed by atoms with E-state index in [1.807, 2.05) is 19.2 Å². The van der Waals surface area contributed by atoms with Gasteiger partial charge in [0.25, 0.3) is 0 Å². The molecule has 1 fully saturated rings. The minimum atomic E-state index is 0.00563. The van der Waals surface area contributed by atoms with Gasteiger partial charge in [-0.2, -0.15) is 0 Å². The quantitative estimate of drug-likeness (QED) is 0.880. The van der Waals surface area contributed by atoms with Crippen LogP contribution in [0.15, 0.2) is 18.3 Å². The highest BCUT2D eigenvalue weighted by atomic mass is 15.2. The van der Waals surface area contributed by atoms with Crippen molar-refractivity contribution in [3.05, 3.63) is 24.0 Å². The molecule has 0 radical (unpaired) electrons. The molecule has 1 aromatic heterocycles. The average molecular weight is 248 g/mol. The van der Waals surface area contributed by atoms with Crippen molar-refractivity contribution in [1.29, 1.82) is 0 Å². The third kappa shape index (κ3) is 2.65. The van der Waals surface area contributed by atoms with E-state index in [0.29, 0.717) is 12.0 Å². The van der Waals surface area contributed by atoms with Crippen LogP contribution in [-0.2, 0) is 0 Å². The normalized spacial score (nSPS) is 25.8. The number of aromatic nitrogens is 1. The predicted octanol–water partition coefficient (Wildman–Crippen LogP) is 1.49. The third-order valence-corrected chi connectivity index (χ3v) is 3.84. The molecule has 2 heterocycles. The smallest absolute Gasteiger partial charge is 0.0569 e. The maximum atomic E-state index is 5.82. The van der Waals surface area contributed by atoms with Crippen LogP contribution >= 0.6 is 0 Å². The molecule has 1 aliphatic heterocycles. The summed E-state index contributed by atoms with van der Waals surface area (Å²) in [5.41, 5.74) is 7.98. The molecule has 4 heteroatoms. The topological polar surface area (TPSA) is 45.4 Å². The average Bonchev–Trinajstić information content (AvgIpc) is 2.71. The number of likely N-dealkylation sites (N-methyl/N-ethyl adjacent to an activating group) is 1. The van der Waals surface area contributed by atoms with Crippen LogP contribution < -0.4 is 10.6 Å². The van der Waals surface area contributed by atoms with Crippen LogP contribution in [0.5, 0.6) is 0 Å². The van der Waals surface area contributed by atoms with Crippen molar-refractivity contribution in [3.63, 3.8) is 0 Å². The molecule has 2 rings (SSSR count). The summed E-state index contributed by atoms with van der Waals surface area (Å²) >= 11 is 0. The van der Waals surface area contributed by atoms with Crippen LogP contribution in [-0.4, -0.2) is 43.1 Å². The second-order valence-corrected chi connectivity index (χ2v) is 5.64. The first kappa shape index (κ1) is 13.3. The Kier molecular flexibility index (Phi) is 3.88. The fourth-order valence-electron chi connectivity index (χ4n) is 2.69. The zero-order valence-corrected chi connectivity index (χ0v) is 11.8. The Bertz CT molecular complexity index is 385. The molecule has 0 amide bonds. The number of hydrogen-bond acceptors (Lipinski definition) is 4. The largest absolute Gasteiger partial charge is 0.368 e. The third-order valence-electron chi connectivity index (χ3n) is 3.84. The van der Waals surface area contributed by atoms with Gasteiger partial charge in [0, 0.05) is 25.2 Å². The van der Waals surface area contributed by atoms with Crippen LogP contribution in [0, 0.1) is 5.92 Å². The standard InChI is InChI=1S/C14H24N4/c1-10-8-18(9-14(10)17(3)4)12-5-6-13(11(2)15)16-7-12/h5-7,10-11,14H,8-9,15H2,1-4H3/t10?,11-,14?/m0/s1. The number of anilines is 1. The van der Waals surface area contributed by atoms with Crippen molar-refractivity contribution in [2.45, 2.75) is 25.9 Å². The molecular weight excluding hydrogens is 224 g/mol. The van der Waals surface area contributed by atoms with E-state index in [-0.39, 0.29) is 6.04 Å². The van der Waals surface area contributed by atoms with Crippen molar-refractivity contribution in [2.75, 3.05) is 32.1 Å². The molecule has 18 heavy (non-hydrogen) atoms. The van der Waals surface area contributed by atoms with Crippen molar-refractivity contribution < 1.29 is 0 Å². The van der Waals surface area contributed by atoms with E-state index in [1.165, 1.54) is 5.69 Å². The van der Waals surface area contributed by atoms with Gasteiger partial charge in [-0.3, -0.25) is 4.98 Å². The highest BCUT2D eigenvalue weighted by Gasteiger charge is 2.31. The van der Waals surface area contributed by atoms with Crippen LogP contribution in [0.4, 0.5) is 5.69 Å². The Morgan fingerprint density at radius 2 is 2.11 bits per heavy atom. The van der Waals surface area contributed by atoms with Crippen molar-refractivity contribution in [2.24, 2.45) is 11.7 Å². The predicted molar refractivity (Wildman–Crippen MR) is 75.7 cm³/mol. The lowest BCUT2D eigenvalue weighted by atomic mass is 10.1. The van der Waals surface area contributed by atoms with Gasteiger partial charge in [-0.05, 0) is 39.1 Å². The first-order chi connectivity index (χ1) is 8.49. The Morgan fingerprint density at radius 1 is 1.39 bits per heavy atom. The van der Waals surface area contributed by atoms with Gasteiger partial charge in [0.05, 0.1) is 17.6 Å². The summed E-state index contributed by atoms with van der Waals surface area (Å²) in [7, 11) is 4.31. The summed E-state index contributed by atoms with van der Waals surface area (Å²) in [5, 5.41) is 0. The molecule has 0 saturated carbocycles. The van der Waals surface area contributed by atoms with Crippen LogP contribution in [0.3, 0.4) is 0 Å². The second-order valence-electron chi connectivity index (χ2n) is 5.64. The van der Waals surface area contributed by atoms with Crippen LogP contribution in [0.25, 0.3) is 0 Å². The molecule has 3 atom stereocenters. The molecule has 0 aliphatic carbocycles. The van der Waals surface area contributed by atoms with Crippen molar-refractivity contribution in [3.8, 4) is 0 Å². The van der Waals surface area contributed by atoms with E-state index < -0.39 is 0 Å². The van der Waals surface area contributed by atoms with Gasteiger partial charge in [0.1, 0.15) is 0 Å². The summed E-state index contributed by atoms with van der Waals surface area (Å²) < 4.78 is 0. The lowest BCUT2D eigenvalue weighted by molar-refractivity contribution is 0.266. The molecule has 1 saturated heterocycles. The summed E-state index contributed by atoms with van der Waals surface area (Å²) in [4.78, 5) is 9.16. The summed E-state index contributed by atoms with van der Waals surface area (Å²) in [6.07, 6.45) is 1.95. The van der Waals surface area contributed by atoms with Crippen LogP contribution in [0.2, 0.25) is 0 Å². The van der Waals surface area contributed by atoms with Crippen molar-refractivity contribution >= 4 is 5.69 Å². The first-order valence-electron chi connectivity index (χ1n) is 6.62. The van der Waals surface area contributed by atoms with Crippen LogP contribution in [0.1, 0.15) is 25.6 Å². The zero-order chi connectivity index (χ0) is 13.3. The fourth-order valence-corrected chi connectivity index (χ4v) is 2.69. The Balaban J connectivity index is 2.09. The highest BCUT2D eigenvalue weighted by Crippen LogP contribution is 2.25. The van der Waals surface area contributed by atoms with Crippen molar-refractivity contribution in [1.82, 2.24) is 9.88 Å². The monoisotopic (exact) mass is 248 g/mol. The molecule has 4 nitrogen and oxygen atoms in total. The number of nitrogens with zero attached hydrogens (tertiary/aromatic N) is 3. The van der Waals surface area contributed by atoms with E-state index in [0.717, 1.165) is 18.8 Å². The molecule has 1 aromatic rings. The van der Waals surface area contributed by atoms with Gasteiger partial charge in [0.2, 0.25) is 0 Å².